The molecule has 2 heterocycles. The van der Waals surface area contributed by atoms with E-state index < -0.39 is 0 Å². The number of rotatable bonds is 1. The minimum atomic E-state index is 0. The molecule has 0 fully saturated rings. The summed E-state index contributed by atoms with van der Waals surface area (Å²) in [5.41, 5.74) is 13.1. The van der Waals surface area contributed by atoms with Gasteiger partial charge in [0.25, 0.3) is 0 Å². The fourth-order valence-electron chi connectivity index (χ4n) is 1.76. The van der Waals surface area contributed by atoms with E-state index in [2.05, 4.69) is 15.0 Å². The summed E-state index contributed by atoms with van der Waals surface area (Å²) in [6.07, 6.45) is 1.58. The Morgan fingerprint density at radius 3 is 2.50 bits per heavy atom. The maximum atomic E-state index is 6.00. The van der Waals surface area contributed by atoms with Gasteiger partial charge in [-0.05, 0) is 18.2 Å². The molecule has 3 aromatic rings. The van der Waals surface area contributed by atoms with Gasteiger partial charge in [-0.3, -0.25) is 4.57 Å². The molecule has 20 heavy (non-hydrogen) atoms. The summed E-state index contributed by atoms with van der Waals surface area (Å²) in [5, 5.41) is 0.916. The van der Waals surface area contributed by atoms with Crippen molar-refractivity contribution in [1.29, 1.82) is 0 Å². The fraction of sp³-hybridized carbons (Fsp3) is 0. The van der Waals surface area contributed by atoms with Crippen molar-refractivity contribution in [2.75, 3.05) is 11.5 Å². The lowest BCUT2D eigenvalue weighted by atomic mass is 10.3. The van der Waals surface area contributed by atoms with Crippen LogP contribution in [0.5, 0.6) is 0 Å². The van der Waals surface area contributed by atoms with E-state index in [1.54, 1.807) is 29.1 Å². The largest absolute Gasteiger partial charge is 0.382 e. The van der Waals surface area contributed by atoms with Gasteiger partial charge in [-0.2, -0.15) is 9.97 Å². The van der Waals surface area contributed by atoms with Crippen LogP contribution in [0.25, 0.3) is 16.9 Å². The molecule has 6 nitrogen and oxygen atoms in total. The molecule has 0 bridgehead atoms. The van der Waals surface area contributed by atoms with E-state index in [4.69, 9.17) is 34.7 Å². The average molecular weight is 332 g/mol. The molecule has 4 N–H and O–H groups in total. The molecular formula is C11H9Cl3N6. The van der Waals surface area contributed by atoms with Gasteiger partial charge >= 0.3 is 0 Å². The highest BCUT2D eigenvalue weighted by Crippen LogP contribution is 2.26. The molecule has 0 radical (unpaired) electrons. The van der Waals surface area contributed by atoms with Crippen LogP contribution in [0.1, 0.15) is 0 Å². The Kier molecular flexibility index (Phi) is 3.89. The van der Waals surface area contributed by atoms with E-state index >= 15 is 0 Å². The summed E-state index contributed by atoms with van der Waals surface area (Å²) in [7, 11) is 0. The average Bonchev–Trinajstić information content (AvgIpc) is 2.76. The fourth-order valence-corrected chi connectivity index (χ4v) is 2.06. The molecule has 0 spiro atoms. The number of hydrogen-bond donors (Lipinski definition) is 2. The summed E-state index contributed by atoms with van der Waals surface area (Å²) in [5.74, 6) is 0.327. The Hall–Kier alpha value is -1.76. The lowest BCUT2D eigenvalue weighted by molar-refractivity contribution is 1.06. The molecule has 0 aliphatic rings. The Morgan fingerprint density at radius 1 is 1.05 bits per heavy atom. The molecule has 3 rings (SSSR count). The molecule has 104 valence electrons. The van der Waals surface area contributed by atoms with Crippen LogP contribution >= 0.6 is 35.6 Å². The van der Waals surface area contributed by atoms with E-state index in [1.807, 2.05) is 0 Å². The molecule has 0 saturated carbocycles. The number of halogens is 3. The Balaban J connectivity index is 0.00000147. The third kappa shape index (κ3) is 2.33. The molecule has 9 heteroatoms. The number of benzene rings is 1. The molecule has 0 saturated heterocycles. The van der Waals surface area contributed by atoms with Crippen LogP contribution in [0.15, 0.2) is 24.5 Å². The quantitative estimate of drug-likeness (QED) is 0.714. The Bertz CT molecular complexity index is 785. The lowest BCUT2D eigenvalue weighted by Gasteiger charge is -2.05. The van der Waals surface area contributed by atoms with Crippen molar-refractivity contribution in [1.82, 2.24) is 19.5 Å². The van der Waals surface area contributed by atoms with Crippen LogP contribution in [-0.2, 0) is 0 Å². The maximum Gasteiger partial charge on any atom is 0.224 e. The molecule has 1 aromatic carbocycles. The van der Waals surface area contributed by atoms with Crippen molar-refractivity contribution in [3.8, 4) is 5.69 Å². The van der Waals surface area contributed by atoms with E-state index in [0.29, 0.717) is 21.2 Å². The first-order valence-corrected chi connectivity index (χ1v) is 6.03. The molecule has 0 atom stereocenters. The Labute approximate surface area is 130 Å². The monoisotopic (exact) mass is 330 g/mol. The van der Waals surface area contributed by atoms with Crippen molar-refractivity contribution in [3.05, 3.63) is 34.6 Å². The Morgan fingerprint density at radius 2 is 1.80 bits per heavy atom. The normalized spacial score (nSPS) is 10.5. The van der Waals surface area contributed by atoms with Crippen molar-refractivity contribution in [2.45, 2.75) is 0 Å². The van der Waals surface area contributed by atoms with Gasteiger partial charge in [0.15, 0.2) is 17.0 Å². The van der Waals surface area contributed by atoms with Gasteiger partial charge in [-0.1, -0.05) is 23.2 Å². The molecule has 0 aliphatic carbocycles. The summed E-state index contributed by atoms with van der Waals surface area (Å²) in [6, 6.07) is 5.20. The molecule has 2 aromatic heterocycles. The van der Waals surface area contributed by atoms with Crippen LogP contribution < -0.4 is 11.5 Å². The van der Waals surface area contributed by atoms with E-state index in [0.717, 1.165) is 5.69 Å². The zero-order valence-corrected chi connectivity index (χ0v) is 12.2. The number of nitrogens with two attached hydrogens (primary N) is 2. The van der Waals surface area contributed by atoms with Crippen molar-refractivity contribution >= 4 is 58.5 Å². The van der Waals surface area contributed by atoms with E-state index in [1.165, 1.54) is 0 Å². The number of fused-ring (bicyclic) bond motifs is 1. The standard InChI is InChI=1S/C11H8Cl2N6.ClH/c12-6-2-1-5(3-7(6)13)19-4-16-8-9(14)17-11(15)18-10(8)19;/h1-4H,(H4,14,15,17,18);1H. The first-order chi connectivity index (χ1) is 9.06. The van der Waals surface area contributed by atoms with E-state index in [9.17, 15) is 0 Å². The van der Waals surface area contributed by atoms with Gasteiger partial charge in [0.05, 0.1) is 15.7 Å². The summed E-state index contributed by atoms with van der Waals surface area (Å²) < 4.78 is 1.71. The van der Waals surface area contributed by atoms with Crippen molar-refractivity contribution < 1.29 is 0 Å². The molecule has 0 amide bonds. The molecule has 0 aliphatic heterocycles. The van der Waals surface area contributed by atoms with Gasteiger partial charge < -0.3 is 11.5 Å². The third-order valence-corrected chi connectivity index (χ3v) is 3.36. The van der Waals surface area contributed by atoms with Gasteiger partial charge in [-0.25, -0.2) is 4.98 Å². The number of nitrogen functional groups attached to an aromatic ring is 2. The minimum Gasteiger partial charge on any atom is -0.382 e. The third-order valence-electron chi connectivity index (χ3n) is 2.62. The van der Waals surface area contributed by atoms with Crippen LogP contribution in [-0.4, -0.2) is 19.5 Å². The van der Waals surface area contributed by atoms with Crippen molar-refractivity contribution in [2.24, 2.45) is 0 Å². The topological polar surface area (TPSA) is 95.6 Å². The second kappa shape index (κ2) is 5.32. The predicted octanol–water partition coefficient (Wildman–Crippen LogP) is 2.71. The first-order valence-electron chi connectivity index (χ1n) is 5.27. The number of nitrogens with zero attached hydrogens (tertiary/aromatic N) is 4. The number of anilines is 2. The van der Waals surface area contributed by atoms with Gasteiger partial charge in [-0.15, -0.1) is 12.4 Å². The minimum absolute atomic E-state index is 0. The van der Waals surface area contributed by atoms with Crippen LogP contribution in [0, 0.1) is 0 Å². The first kappa shape index (κ1) is 14.6. The number of imidazole rings is 1. The number of hydrogen-bond acceptors (Lipinski definition) is 5. The highest BCUT2D eigenvalue weighted by molar-refractivity contribution is 6.42. The van der Waals surface area contributed by atoms with E-state index in [-0.39, 0.29) is 24.2 Å². The number of aromatic nitrogens is 4. The molecular weight excluding hydrogens is 323 g/mol. The predicted molar refractivity (Wildman–Crippen MR) is 82.8 cm³/mol. The summed E-state index contributed by atoms with van der Waals surface area (Å²) >= 11 is 11.9. The highest BCUT2D eigenvalue weighted by atomic mass is 35.5. The summed E-state index contributed by atoms with van der Waals surface area (Å²) in [4.78, 5) is 12.2. The van der Waals surface area contributed by atoms with Gasteiger partial charge in [0.1, 0.15) is 6.33 Å². The smallest absolute Gasteiger partial charge is 0.224 e. The second-order valence-corrected chi connectivity index (χ2v) is 4.67. The second-order valence-electron chi connectivity index (χ2n) is 3.85. The van der Waals surface area contributed by atoms with Crippen LogP contribution in [0.4, 0.5) is 11.8 Å². The SMILES string of the molecule is Cl.Nc1nc(N)c2ncn(-c3ccc(Cl)c(Cl)c3)c2n1. The zero-order valence-electron chi connectivity index (χ0n) is 9.92. The van der Waals surface area contributed by atoms with Crippen LogP contribution in [0.2, 0.25) is 10.0 Å². The maximum absolute atomic E-state index is 6.00. The van der Waals surface area contributed by atoms with Gasteiger partial charge in [0, 0.05) is 0 Å². The zero-order chi connectivity index (χ0) is 13.6. The van der Waals surface area contributed by atoms with Crippen LogP contribution in [0.3, 0.4) is 0 Å². The highest BCUT2D eigenvalue weighted by Gasteiger charge is 2.12. The molecule has 0 unspecified atom stereocenters. The lowest BCUT2D eigenvalue weighted by Crippen LogP contribution is -2.02. The summed E-state index contributed by atoms with van der Waals surface area (Å²) in [6.45, 7) is 0. The van der Waals surface area contributed by atoms with Crippen molar-refractivity contribution in [3.63, 3.8) is 0 Å². The van der Waals surface area contributed by atoms with Gasteiger partial charge in [0.2, 0.25) is 5.95 Å².